The first-order valence-electron chi connectivity index (χ1n) is 12.5. The van der Waals surface area contributed by atoms with E-state index in [0.29, 0.717) is 28.9 Å². The topological polar surface area (TPSA) is 107 Å². The van der Waals surface area contributed by atoms with Crippen LogP contribution >= 0.6 is 11.8 Å². The van der Waals surface area contributed by atoms with Crippen LogP contribution in [0.5, 0.6) is 11.5 Å². The number of hydrogen-bond donors (Lipinski definition) is 2. The van der Waals surface area contributed by atoms with E-state index in [1.165, 1.54) is 11.8 Å². The molecule has 0 aliphatic rings. The zero-order valence-corrected chi connectivity index (χ0v) is 23.2. The van der Waals surface area contributed by atoms with Gasteiger partial charge >= 0.3 is 0 Å². The predicted molar refractivity (Wildman–Crippen MR) is 152 cm³/mol. The number of benzene rings is 3. The number of nitrogens with one attached hydrogen (secondary N) is 2. The SMILES string of the molecule is CCOc1ccc(-n2c(CNC(=O)c3cccc(OC)c3)nnc2SCC(=O)Nc2cc(C)ccc2C)cc1. The Hall–Kier alpha value is -4.31. The van der Waals surface area contributed by atoms with Gasteiger partial charge in [-0.2, -0.15) is 0 Å². The summed E-state index contributed by atoms with van der Waals surface area (Å²) in [6.45, 7) is 6.55. The number of rotatable bonds is 11. The highest BCUT2D eigenvalue weighted by Gasteiger charge is 2.18. The number of methoxy groups -OCH3 is 1. The smallest absolute Gasteiger partial charge is 0.251 e. The molecule has 39 heavy (non-hydrogen) atoms. The molecule has 2 amide bonds. The van der Waals surface area contributed by atoms with Gasteiger partial charge in [-0.15, -0.1) is 10.2 Å². The molecule has 0 spiro atoms. The van der Waals surface area contributed by atoms with E-state index in [1.807, 2.05) is 67.8 Å². The fourth-order valence-electron chi connectivity index (χ4n) is 3.84. The molecule has 0 bridgehead atoms. The normalized spacial score (nSPS) is 10.7. The van der Waals surface area contributed by atoms with E-state index in [1.54, 1.807) is 31.4 Å². The van der Waals surface area contributed by atoms with Crippen molar-refractivity contribution in [3.05, 3.63) is 89.2 Å². The van der Waals surface area contributed by atoms with Crippen LogP contribution in [0.2, 0.25) is 0 Å². The van der Waals surface area contributed by atoms with Gasteiger partial charge in [0.15, 0.2) is 11.0 Å². The maximum absolute atomic E-state index is 12.8. The highest BCUT2D eigenvalue weighted by atomic mass is 32.2. The van der Waals surface area contributed by atoms with E-state index >= 15 is 0 Å². The number of amides is 2. The van der Waals surface area contributed by atoms with Crippen molar-refractivity contribution in [3.63, 3.8) is 0 Å². The summed E-state index contributed by atoms with van der Waals surface area (Å²) in [6, 6.07) is 20.4. The molecule has 0 atom stereocenters. The Balaban J connectivity index is 1.53. The van der Waals surface area contributed by atoms with Crippen LogP contribution in [0.15, 0.2) is 71.9 Å². The largest absolute Gasteiger partial charge is 0.497 e. The third kappa shape index (κ3) is 7.17. The molecular weight excluding hydrogens is 514 g/mol. The van der Waals surface area contributed by atoms with E-state index < -0.39 is 0 Å². The van der Waals surface area contributed by atoms with Crippen LogP contribution in [0.25, 0.3) is 5.69 Å². The molecule has 2 N–H and O–H groups in total. The molecule has 1 aromatic heterocycles. The number of ether oxygens (including phenoxy) is 2. The Morgan fingerprint density at radius 3 is 2.51 bits per heavy atom. The third-order valence-electron chi connectivity index (χ3n) is 5.84. The molecule has 4 aromatic rings. The van der Waals surface area contributed by atoms with E-state index in [0.717, 1.165) is 28.3 Å². The molecule has 0 saturated carbocycles. The molecule has 0 fully saturated rings. The van der Waals surface area contributed by atoms with Crippen LogP contribution in [0.3, 0.4) is 0 Å². The van der Waals surface area contributed by atoms with Crippen molar-refractivity contribution in [2.75, 3.05) is 24.8 Å². The van der Waals surface area contributed by atoms with Crippen molar-refractivity contribution in [2.24, 2.45) is 0 Å². The second-order valence-electron chi connectivity index (χ2n) is 8.73. The number of aryl methyl sites for hydroxylation is 2. The van der Waals surface area contributed by atoms with Crippen LogP contribution in [-0.4, -0.2) is 46.0 Å². The van der Waals surface area contributed by atoms with Crippen LogP contribution in [0, 0.1) is 13.8 Å². The lowest BCUT2D eigenvalue weighted by Crippen LogP contribution is -2.24. The minimum atomic E-state index is -0.266. The van der Waals surface area contributed by atoms with E-state index in [2.05, 4.69) is 20.8 Å². The van der Waals surface area contributed by atoms with Crippen LogP contribution in [0.4, 0.5) is 5.69 Å². The first-order chi connectivity index (χ1) is 18.9. The molecule has 0 aliphatic carbocycles. The second kappa shape index (κ2) is 13.0. The second-order valence-corrected chi connectivity index (χ2v) is 9.67. The lowest BCUT2D eigenvalue weighted by molar-refractivity contribution is -0.113. The monoisotopic (exact) mass is 545 g/mol. The maximum Gasteiger partial charge on any atom is 0.251 e. The summed E-state index contributed by atoms with van der Waals surface area (Å²) in [7, 11) is 1.55. The average Bonchev–Trinajstić information content (AvgIpc) is 3.36. The lowest BCUT2D eigenvalue weighted by Gasteiger charge is -2.13. The average molecular weight is 546 g/mol. The van der Waals surface area contributed by atoms with Crippen molar-refractivity contribution in [3.8, 4) is 17.2 Å². The number of carbonyl (C=O) groups excluding carboxylic acids is 2. The summed E-state index contributed by atoms with van der Waals surface area (Å²) in [5.41, 5.74) is 4.10. The van der Waals surface area contributed by atoms with Gasteiger partial charge in [0.05, 0.1) is 26.0 Å². The number of aromatic nitrogens is 3. The van der Waals surface area contributed by atoms with Crippen LogP contribution in [0.1, 0.15) is 34.2 Å². The molecule has 202 valence electrons. The fraction of sp³-hybridized carbons (Fsp3) is 0.241. The summed E-state index contributed by atoms with van der Waals surface area (Å²) >= 11 is 1.27. The van der Waals surface area contributed by atoms with Crippen molar-refractivity contribution >= 4 is 29.3 Å². The van der Waals surface area contributed by atoms with E-state index in [4.69, 9.17) is 9.47 Å². The number of nitrogens with zero attached hydrogens (tertiary/aromatic N) is 3. The summed E-state index contributed by atoms with van der Waals surface area (Å²) < 4.78 is 12.6. The quantitative estimate of drug-likeness (QED) is 0.257. The predicted octanol–water partition coefficient (Wildman–Crippen LogP) is 4.95. The number of hydrogen-bond acceptors (Lipinski definition) is 7. The van der Waals surface area contributed by atoms with Crippen molar-refractivity contribution in [2.45, 2.75) is 32.5 Å². The van der Waals surface area contributed by atoms with Gasteiger partial charge in [-0.05, 0) is 80.4 Å². The van der Waals surface area contributed by atoms with Gasteiger partial charge in [0.25, 0.3) is 5.91 Å². The van der Waals surface area contributed by atoms with Gasteiger partial charge < -0.3 is 20.1 Å². The summed E-state index contributed by atoms with van der Waals surface area (Å²) in [5.74, 6) is 1.58. The molecule has 3 aromatic carbocycles. The summed E-state index contributed by atoms with van der Waals surface area (Å²) in [6.07, 6.45) is 0. The lowest BCUT2D eigenvalue weighted by atomic mass is 10.1. The minimum Gasteiger partial charge on any atom is -0.497 e. The Morgan fingerprint density at radius 1 is 0.974 bits per heavy atom. The van der Waals surface area contributed by atoms with Crippen LogP contribution < -0.4 is 20.1 Å². The van der Waals surface area contributed by atoms with Gasteiger partial charge in [-0.25, -0.2) is 0 Å². The number of carbonyl (C=O) groups is 2. The zero-order chi connectivity index (χ0) is 27.8. The number of anilines is 1. The summed E-state index contributed by atoms with van der Waals surface area (Å²) in [5, 5.41) is 15.1. The molecule has 9 nitrogen and oxygen atoms in total. The molecule has 0 radical (unpaired) electrons. The summed E-state index contributed by atoms with van der Waals surface area (Å²) in [4.78, 5) is 25.6. The Labute approximate surface area is 231 Å². The zero-order valence-electron chi connectivity index (χ0n) is 22.4. The molecular formula is C29H31N5O4S. The molecule has 0 saturated heterocycles. The highest BCUT2D eigenvalue weighted by Crippen LogP contribution is 2.25. The Bertz CT molecular complexity index is 1450. The van der Waals surface area contributed by atoms with Crippen molar-refractivity contribution in [1.29, 1.82) is 0 Å². The van der Waals surface area contributed by atoms with Gasteiger partial charge in [-0.1, -0.05) is 30.0 Å². The third-order valence-corrected chi connectivity index (χ3v) is 6.77. The fourth-order valence-corrected chi connectivity index (χ4v) is 4.61. The Kier molecular flexibility index (Phi) is 9.22. The molecule has 0 unspecified atom stereocenters. The van der Waals surface area contributed by atoms with Gasteiger partial charge in [0.1, 0.15) is 11.5 Å². The highest BCUT2D eigenvalue weighted by molar-refractivity contribution is 7.99. The van der Waals surface area contributed by atoms with E-state index in [-0.39, 0.29) is 24.1 Å². The molecule has 10 heteroatoms. The molecule has 4 rings (SSSR count). The van der Waals surface area contributed by atoms with E-state index in [9.17, 15) is 9.59 Å². The first kappa shape index (κ1) is 27.7. The Morgan fingerprint density at radius 2 is 1.77 bits per heavy atom. The van der Waals surface area contributed by atoms with Gasteiger partial charge in [0.2, 0.25) is 5.91 Å². The van der Waals surface area contributed by atoms with Crippen molar-refractivity contribution < 1.29 is 19.1 Å². The maximum atomic E-state index is 12.8. The molecule has 0 aliphatic heterocycles. The van der Waals surface area contributed by atoms with Gasteiger partial charge in [0, 0.05) is 16.9 Å². The van der Waals surface area contributed by atoms with Gasteiger partial charge in [-0.3, -0.25) is 14.2 Å². The first-order valence-corrected chi connectivity index (χ1v) is 13.5. The number of thioether (sulfide) groups is 1. The standard InChI is InChI=1S/C29H31N5O4S/c1-5-38-23-13-11-22(12-14-23)34-26(17-30-28(36)21-7-6-8-24(16-21)37-4)32-33-29(34)39-18-27(35)31-25-15-19(2)9-10-20(25)3/h6-16H,5,17-18H2,1-4H3,(H,30,36)(H,31,35). The minimum absolute atomic E-state index is 0.130. The van der Waals surface area contributed by atoms with Crippen molar-refractivity contribution in [1.82, 2.24) is 20.1 Å². The molecule has 1 heterocycles. The van der Waals surface area contributed by atoms with Crippen LogP contribution in [-0.2, 0) is 11.3 Å².